The van der Waals surface area contributed by atoms with E-state index in [2.05, 4.69) is 25.9 Å². The predicted molar refractivity (Wildman–Crippen MR) is 39.2 cm³/mol. The maximum absolute atomic E-state index is 8.45. The second-order valence-electron chi connectivity index (χ2n) is 1.73. The predicted octanol–water partition coefficient (Wildman–Crippen LogP) is 1.42. The van der Waals surface area contributed by atoms with Crippen molar-refractivity contribution in [1.82, 2.24) is 9.97 Å². The first kappa shape index (κ1) is 7.16. The molecule has 0 amide bonds. The first-order valence-electron chi connectivity index (χ1n) is 2.63. The van der Waals surface area contributed by atoms with Gasteiger partial charge in [-0.05, 0) is 22.9 Å². The number of nitrogens with zero attached hydrogens (tertiary/aromatic N) is 3. The van der Waals surface area contributed by atoms with Gasteiger partial charge in [0.2, 0.25) is 0 Å². The minimum atomic E-state index is 0.464. The van der Waals surface area contributed by atoms with Crippen molar-refractivity contribution in [3.05, 3.63) is 22.2 Å². The van der Waals surface area contributed by atoms with E-state index in [0.29, 0.717) is 16.0 Å². The minimum Gasteiger partial charge on any atom is -0.240 e. The van der Waals surface area contributed by atoms with Gasteiger partial charge in [-0.2, -0.15) is 5.26 Å². The zero-order valence-electron chi connectivity index (χ0n) is 5.30. The highest BCUT2D eigenvalue weighted by molar-refractivity contribution is 9.10. The number of halogens is 1. The summed E-state index contributed by atoms with van der Waals surface area (Å²) in [5, 5.41) is 8.45. The van der Waals surface area contributed by atoms with E-state index in [-0.39, 0.29) is 0 Å². The van der Waals surface area contributed by atoms with Crippen molar-refractivity contribution in [2.45, 2.75) is 6.92 Å². The van der Waals surface area contributed by atoms with Crippen LogP contribution in [0.15, 0.2) is 10.8 Å². The topological polar surface area (TPSA) is 49.6 Å². The molecule has 4 heteroatoms. The SMILES string of the molecule is Cc1ncc(C#N)c(Br)n1. The molecule has 0 aliphatic heterocycles. The zero-order chi connectivity index (χ0) is 7.56. The third-order valence-electron chi connectivity index (χ3n) is 0.983. The van der Waals surface area contributed by atoms with Crippen LogP contribution >= 0.6 is 15.9 Å². The summed E-state index contributed by atoms with van der Waals surface area (Å²) in [5.74, 6) is 0.658. The molecule has 10 heavy (non-hydrogen) atoms. The van der Waals surface area contributed by atoms with E-state index in [1.807, 2.05) is 6.07 Å². The van der Waals surface area contributed by atoms with E-state index in [4.69, 9.17) is 5.26 Å². The Bertz CT molecular complexity index is 290. The van der Waals surface area contributed by atoms with E-state index in [9.17, 15) is 0 Å². The van der Waals surface area contributed by atoms with Crippen LogP contribution in [0.1, 0.15) is 11.4 Å². The van der Waals surface area contributed by atoms with Crippen molar-refractivity contribution >= 4 is 15.9 Å². The molecule has 0 atom stereocenters. The summed E-state index contributed by atoms with van der Waals surface area (Å²) < 4.78 is 0.558. The molecule has 0 aromatic carbocycles. The third-order valence-corrected chi connectivity index (χ3v) is 1.59. The summed E-state index contributed by atoms with van der Waals surface area (Å²) >= 11 is 3.13. The highest BCUT2D eigenvalue weighted by Crippen LogP contribution is 2.10. The number of rotatable bonds is 0. The summed E-state index contributed by atoms with van der Waals surface area (Å²) in [5.41, 5.74) is 0.464. The molecule has 1 aromatic rings. The molecule has 0 aliphatic rings. The van der Waals surface area contributed by atoms with Crippen molar-refractivity contribution in [3.63, 3.8) is 0 Å². The molecular weight excluding hydrogens is 194 g/mol. The van der Waals surface area contributed by atoms with Crippen LogP contribution in [0.3, 0.4) is 0 Å². The highest BCUT2D eigenvalue weighted by atomic mass is 79.9. The van der Waals surface area contributed by atoms with Crippen LogP contribution in [0.25, 0.3) is 0 Å². The number of hydrogen-bond donors (Lipinski definition) is 0. The lowest BCUT2D eigenvalue weighted by atomic mass is 10.4. The molecule has 0 saturated heterocycles. The monoisotopic (exact) mass is 197 g/mol. The first-order chi connectivity index (χ1) is 4.74. The first-order valence-corrected chi connectivity index (χ1v) is 3.42. The average Bonchev–Trinajstić information content (AvgIpc) is 1.88. The number of aromatic nitrogens is 2. The number of aryl methyl sites for hydroxylation is 1. The van der Waals surface area contributed by atoms with E-state index in [1.54, 1.807) is 6.92 Å². The molecule has 0 aliphatic carbocycles. The van der Waals surface area contributed by atoms with Gasteiger partial charge in [-0.3, -0.25) is 0 Å². The summed E-state index contributed by atoms with van der Waals surface area (Å²) in [6.45, 7) is 1.77. The van der Waals surface area contributed by atoms with Crippen molar-refractivity contribution < 1.29 is 0 Å². The Hall–Kier alpha value is -0.950. The fourth-order valence-corrected chi connectivity index (χ4v) is 0.965. The Labute approximate surface area is 66.9 Å². The molecule has 0 spiro atoms. The lowest BCUT2D eigenvalue weighted by Gasteiger charge is -1.92. The van der Waals surface area contributed by atoms with E-state index < -0.39 is 0 Å². The third kappa shape index (κ3) is 1.31. The van der Waals surface area contributed by atoms with Gasteiger partial charge in [-0.25, -0.2) is 9.97 Å². The molecule has 0 unspecified atom stereocenters. The molecule has 0 radical (unpaired) electrons. The van der Waals surface area contributed by atoms with Crippen LogP contribution in [0.4, 0.5) is 0 Å². The molecule has 1 aromatic heterocycles. The summed E-state index contributed by atoms with van der Waals surface area (Å²) in [7, 11) is 0. The van der Waals surface area contributed by atoms with Gasteiger partial charge in [0.25, 0.3) is 0 Å². The number of hydrogen-bond acceptors (Lipinski definition) is 3. The molecule has 0 saturated carbocycles. The maximum atomic E-state index is 8.45. The molecule has 0 fully saturated rings. The van der Waals surface area contributed by atoms with Crippen molar-refractivity contribution in [1.29, 1.82) is 5.26 Å². The lowest BCUT2D eigenvalue weighted by Crippen LogP contribution is -1.89. The lowest BCUT2D eigenvalue weighted by molar-refractivity contribution is 1.02. The average molecular weight is 198 g/mol. The Morgan fingerprint density at radius 3 is 2.90 bits per heavy atom. The largest absolute Gasteiger partial charge is 0.240 e. The summed E-state index contributed by atoms with van der Waals surface area (Å²) in [6, 6.07) is 1.95. The van der Waals surface area contributed by atoms with Gasteiger partial charge in [0.05, 0.1) is 0 Å². The normalized spacial score (nSPS) is 8.90. The molecule has 3 nitrogen and oxygen atoms in total. The Balaban J connectivity index is 3.23. The van der Waals surface area contributed by atoms with E-state index in [1.165, 1.54) is 6.20 Å². The van der Waals surface area contributed by atoms with Crippen LogP contribution < -0.4 is 0 Å². The Morgan fingerprint density at radius 1 is 1.70 bits per heavy atom. The Kier molecular flexibility index (Phi) is 1.97. The second-order valence-corrected chi connectivity index (χ2v) is 2.48. The quantitative estimate of drug-likeness (QED) is 0.592. The van der Waals surface area contributed by atoms with Gasteiger partial charge in [-0.1, -0.05) is 0 Å². The zero-order valence-corrected chi connectivity index (χ0v) is 6.88. The highest BCUT2D eigenvalue weighted by Gasteiger charge is 1.98. The van der Waals surface area contributed by atoms with Crippen molar-refractivity contribution in [3.8, 4) is 6.07 Å². The molecule has 0 N–H and O–H groups in total. The van der Waals surface area contributed by atoms with Gasteiger partial charge in [0.15, 0.2) is 0 Å². The van der Waals surface area contributed by atoms with E-state index in [0.717, 1.165) is 0 Å². The van der Waals surface area contributed by atoms with Crippen molar-refractivity contribution in [2.75, 3.05) is 0 Å². The molecule has 50 valence electrons. The minimum absolute atomic E-state index is 0.464. The van der Waals surface area contributed by atoms with Crippen LogP contribution in [0, 0.1) is 18.3 Å². The van der Waals surface area contributed by atoms with Crippen LogP contribution in [-0.2, 0) is 0 Å². The standard InChI is InChI=1S/C6H4BrN3/c1-4-9-3-5(2-8)6(7)10-4/h3H,1H3. The smallest absolute Gasteiger partial charge is 0.127 e. The molecule has 1 heterocycles. The molecule has 0 bridgehead atoms. The van der Waals surface area contributed by atoms with Gasteiger partial charge >= 0.3 is 0 Å². The summed E-state index contributed by atoms with van der Waals surface area (Å²) in [4.78, 5) is 7.77. The van der Waals surface area contributed by atoms with Gasteiger partial charge in [-0.15, -0.1) is 0 Å². The van der Waals surface area contributed by atoms with Crippen LogP contribution in [-0.4, -0.2) is 9.97 Å². The van der Waals surface area contributed by atoms with Crippen molar-refractivity contribution in [2.24, 2.45) is 0 Å². The fourth-order valence-electron chi connectivity index (χ4n) is 0.517. The van der Waals surface area contributed by atoms with E-state index >= 15 is 0 Å². The molecular formula is C6H4BrN3. The fraction of sp³-hybridized carbons (Fsp3) is 0.167. The van der Waals surface area contributed by atoms with Crippen LogP contribution in [0.5, 0.6) is 0 Å². The molecule has 1 rings (SSSR count). The van der Waals surface area contributed by atoms with Gasteiger partial charge < -0.3 is 0 Å². The van der Waals surface area contributed by atoms with Gasteiger partial charge in [0, 0.05) is 6.20 Å². The maximum Gasteiger partial charge on any atom is 0.127 e. The Morgan fingerprint density at radius 2 is 2.40 bits per heavy atom. The van der Waals surface area contributed by atoms with Gasteiger partial charge in [0.1, 0.15) is 22.1 Å². The summed E-state index contributed by atoms with van der Waals surface area (Å²) in [6.07, 6.45) is 1.49. The number of nitriles is 1. The van der Waals surface area contributed by atoms with Crippen LogP contribution in [0.2, 0.25) is 0 Å². The second kappa shape index (κ2) is 2.76.